The molecule has 28 heavy (non-hydrogen) atoms. The molecule has 0 aromatic carbocycles. The fourth-order valence-corrected chi connectivity index (χ4v) is 5.45. The maximum Gasteiger partial charge on any atom is 0.410 e. The van der Waals surface area contributed by atoms with E-state index < -0.39 is 0 Å². The normalized spacial score (nSPS) is 31.4. The van der Waals surface area contributed by atoms with Crippen LogP contribution in [0, 0.1) is 5.41 Å². The van der Waals surface area contributed by atoms with Gasteiger partial charge in [-0.2, -0.15) is 0 Å². The van der Waals surface area contributed by atoms with Gasteiger partial charge in [0.2, 0.25) is 0 Å². The van der Waals surface area contributed by atoms with Gasteiger partial charge in [-0.1, -0.05) is 0 Å². The first-order chi connectivity index (χ1) is 13.5. The van der Waals surface area contributed by atoms with E-state index in [9.17, 15) is 9.59 Å². The van der Waals surface area contributed by atoms with E-state index in [0.717, 1.165) is 45.4 Å². The fraction of sp³-hybridized carbons (Fsp3) is 0.900. The number of carbonyl (C=O) groups is 2. The SMILES string of the molecule is CCOC(=O)N1CCC2(CC(N3CCC(N(C(=O)OC)C4COC4)CC3)C2)C1. The van der Waals surface area contributed by atoms with Gasteiger partial charge in [-0.3, -0.25) is 4.90 Å². The van der Waals surface area contributed by atoms with Gasteiger partial charge in [-0.05, 0) is 44.4 Å². The summed E-state index contributed by atoms with van der Waals surface area (Å²) in [5.74, 6) is 0. The smallest absolute Gasteiger partial charge is 0.410 e. The minimum atomic E-state index is -0.223. The molecule has 4 rings (SSSR count). The molecule has 4 aliphatic rings. The van der Waals surface area contributed by atoms with Gasteiger partial charge in [0.05, 0.1) is 33.0 Å². The third-order valence-corrected chi connectivity index (χ3v) is 7.11. The second-order valence-corrected chi connectivity index (χ2v) is 8.77. The first-order valence-electron chi connectivity index (χ1n) is 10.6. The van der Waals surface area contributed by atoms with Crippen molar-refractivity contribution in [2.45, 2.75) is 57.2 Å². The van der Waals surface area contributed by atoms with Crippen molar-refractivity contribution in [3.63, 3.8) is 0 Å². The highest BCUT2D eigenvalue weighted by Gasteiger charge is 2.51. The number of rotatable bonds is 4. The monoisotopic (exact) mass is 395 g/mol. The van der Waals surface area contributed by atoms with E-state index in [0.29, 0.717) is 31.3 Å². The number of piperidine rings is 1. The second-order valence-electron chi connectivity index (χ2n) is 8.77. The molecule has 4 fully saturated rings. The van der Waals surface area contributed by atoms with Crippen LogP contribution < -0.4 is 0 Å². The van der Waals surface area contributed by atoms with Crippen LogP contribution in [0.1, 0.15) is 39.0 Å². The number of hydrogen-bond donors (Lipinski definition) is 0. The topological polar surface area (TPSA) is 71.6 Å². The molecule has 3 heterocycles. The molecule has 1 spiro atoms. The Morgan fingerprint density at radius 2 is 1.86 bits per heavy atom. The van der Waals surface area contributed by atoms with Gasteiger partial charge in [-0.25, -0.2) is 9.59 Å². The lowest BCUT2D eigenvalue weighted by molar-refractivity contribution is -0.0826. The van der Waals surface area contributed by atoms with E-state index in [1.165, 1.54) is 20.0 Å². The standard InChI is InChI=1S/C20H33N3O5/c1-3-28-18(24)22-9-6-20(14-22)10-16(11-20)21-7-4-15(5-8-21)23(19(25)26-2)17-12-27-13-17/h15-17H,3-14H2,1-2H3. The van der Waals surface area contributed by atoms with E-state index >= 15 is 0 Å². The van der Waals surface area contributed by atoms with Crippen LogP contribution in [-0.2, 0) is 14.2 Å². The zero-order valence-corrected chi connectivity index (χ0v) is 17.1. The number of likely N-dealkylation sites (tertiary alicyclic amines) is 2. The molecule has 0 radical (unpaired) electrons. The molecule has 0 unspecified atom stereocenters. The van der Waals surface area contributed by atoms with Crippen molar-refractivity contribution in [2.75, 3.05) is 53.1 Å². The molecule has 0 N–H and O–H groups in total. The summed E-state index contributed by atoms with van der Waals surface area (Å²) in [4.78, 5) is 30.6. The summed E-state index contributed by atoms with van der Waals surface area (Å²) in [6.07, 6.45) is 5.03. The van der Waals surface area contributed by atoms with Crippen molar-refractivity contribution in [2.24, 2.45) is 5.41 Å². The minimum absolute atomic E-state index is 0.161. The van der Waals surface area contributed by atoms with E-state index in [2.05, 4.69) is 4.90 Å². The Balaban J connectivity index is 1.24. The number of carbonyl (C=O) groups excluding carboxylic acids is 2. The molecular weight excluding hydrogens is 362 g/mol. The summed E-state index contributed by atoms with van der Waals surface area (Å²) in [7, 11) is 1.46. The lowest BCUT2D eigenvalue weighted by atomic mass is 9.64. The maximum absolute atomic E-state index is 12.2. The van der Waals surface area contributed by atoms with Gasteiger partial charge in [0.15, 0.2) is 0 Å². The Bertz CT molecular complexity index is 582. The van der Waals surface area contributed by atoms with Crippen molar-refractivity contribution in [1.29, 1.82) is 0 Å². The van der Waals surface area contributed by atoms with Crippen LogP contribution in [0.3, 0.4) is 0 Å². The van der Waals surface area contributed by atoms with Gasteiger partial charge in [-0.15, -0.1) is 0 Å². The first kappa shape index (κ1) is 19.8. The van der Waals surface area contributed by atoms with Gasteiger partial charge in [0, 0.05) is 38.3 Å². The number of hydrogen-bond acceptors (Lipinski definition) is 6. The van der Waals surface area contributed by atoms with Crippen LogP contribution in [0.4, 0.5) is 9.59 Å². The van der Waals surface area contributed by atoms with Crippen LogP contribution >= 0.6 is 0 Å². The Labute approximate surface area is 167 Å². The molecular formula is C20H33N3O5. The maximum atomic E-state index is 12.2. The second kappa shape index (κ2) is 8.06. The fourth-order valence-electron chi connectivity index (χ4n) is 5.45. The summed E-state index contributed by atoms with van der Waals surface area (Å²) in [6, 6.07) is 1.03. The lowest BCUT2D eigenvalue weighted by Crippen LogP contribution is -2.60. The molecule has 1 saturated carbocycles. The molecule has 2 amide bonds. The van der Waals surface area contributed by atoms with Crippen molar-refractivity contribution >= 4 is 12.2 Å². The van der Waals surface area contributed by atoms with Gasteiger partial charge >= 0.3 is 12.2 Å². The van der Waals surface area contributed by atoms with Gasteiger partial charge in [0.25, 0.3) is 0 Å². The molecule has 3 aliphatic heterocycles. The summed E-state index contributed by atoms with van der Waals surface area (Å²) in [6.45, 7) is 7.25. The van der Waals surface area contributed by atoms with Crippen molar-refractivity contribution in [3.8, 4) is 0 Å². The van der Waals surface area contributed by atoms with E-state index in [1.807, 2.05) is 16.7 Å². The number of nitrogens with zero attached hydrogens (tertiary/aromatic N) is 3. The van der Waals surface area contributed by atoms with Crippen LogP contribution in [0.15, 0.2) is 0 Å². The van der Waals surface area contributed by atoms with E-state index in [4.69, 9.17) is 14.2 Å². The molecule has 0 bridgehead atoms. The van der Waals surface area contributed by atoms with Crippen molar-refractivity contribution in [3.05, 3.63) is 0 Å². The summed E-state index contributed by atoms with van der Waals surface area (Å²) in [5.41, 5.74) is 0.301. The summed E-state index contributed by atoms with van der Waals surface area (Å²) < 4.78 is 15.5. The number of ether oxygens (including phenoxy) is 3. The van der Waals surface area contributed by atoms with Crippen LogP contribution in [0.5, 0.6) is 0 Å². The average Bonchev–Trinajstić information content (AvgIpc) is 3.09. The number of amides is 2. The van der Waals surface area contributed by atoms with Crippen LogP contribution in [0.25, 0.3) is 0 Å². The Hall–Kier alpha value is -1.54. The van der Waals surface area contributed by atoms with Crippen molar-refractivity contribution < 1.29 is 23.8 Å². The largest absolute Gasteiger partial charge is 0.453 e. The number of methoxy groups -OCH3 is 1. The van der Waals surface area contributed by atoms with Crippen molar-refractivity contribution in [1.82, 2.24) is 14.7 Å². The third-order valence-electron chi connectivity index (χ3n) is 7.11. The summed E-state index contributed by atoms with van der Waals surface area (Å²) in [5, 5.41) is 0. The Morgan fingerprint density at radius 1 is 1.14 bits per heavy atom. The zero-order valence-electron chi connectivity index (χ0n) is 17.1. The molecule has 3 saturated heterocycles. The highest BCUT2D eigenvalue weighted by atomic mass is 16.6. The molecule has 0 aromatic heterocycles. The third kappa shape index (κ3) is 3.68. The van der Waals surface area contributed by atoms with Gasteiger partial charge in [0.1, 0.15) is 0 Å². The highest BCUT2D eigenvalue weighted by molar-refractivity contribution is 5.68. The molecule has 8 nitrogen and oxygen atoms in total. The predicted molar refractivity (Wildman–Crippen MR) is 102 cm³/mol. The average molecular weight is 396 g/mol. The lowest BCUT2D eigenvalue weighted by Gasteiger charge is -2.52. The first-order valence-corrected chi connectivity index (χ1v) is 10.6. The molecule has 8 heteroatoms. The molecule has 0 atom stereocenters. The quantitative estimate of drug-likeness (QED) is 0.724. The molecule has 0 aromatic rings. The summed E-state index contributed by atoms with van der Waals surface area (Å²) >= 11 is 0. The Kier molecular flexibility index (Phi) is 5.69. The van der Waals surface area contributed by atoms with E-state index in [-0.39, 0.29) is 24.3 Å². The minimum Gasteiger partial charge on any atom is -0.453 e. The van der Waals surface area contributed by atoms with Crippen LogP contribution in [-0.4, -0.2) is 98.1 Å². The molecule has 1 aliphatic carbocycles. The highest BCUT2D eigenvalue weighted by Crippen LogP contribution is 2.50. The van der Waals surface area contributed by atoms with Gasteiger partial charge < -0.3 is 24.0 Å². The van der Waals surface area contributed by atoms with Crippen LogP contribution in [0.2, 0.25) is 0 Å². The zero-order chi connectivity index (χ0) is 19.7. The Morgan fingerprint density at radius 3 is 2.43 bits per heavy atom. The predicted octanol–water partition coefficient (Wildman–Crippen LogP) is 1.93. The molecule has 158 valence electrons. The van der Waals surface area contributed by atoms with E-state index in [1.54, 1.807) is 0 Å².